The second-order valence-electron chi connectivity index (χ2n) is 8.10. The smallest absolute Gasteiger partial charge is 0.309 e. The number of rotatable bonds is 5. The molecule has 5 aromatic rings. The van der Waals surface area contributed by atoms with Crippen molar-refractivity contribution < 1.29 is 18.0 Å². The van der Waals surface area contributed by atoms with E-state index < -0.39 is 23.2 Å². The van der Waals surface area contributed by atoms with Gasteiger partial charge < -0.3 is 9.88 Å². The highest BCUT2D eigenvalue weighted by molar-refractivity contribution is 6.07. The van der Waals surface area contributed by atoms with Gasteiger partial charge in [0.05, 0.1) is 22.2 Å². The van der Waals surface area contributed by atoms with E-state index in [2.05, 4.69) is 21.4 Å². The Morgan fingerprint density at radius 3 is 2.25 bits per heavy atom. The Bertz CT molecular complexity index is 1640. The SMILES string of the molecule is N#Cc1c(NC(=O)c2ccccc2C(F)(F)F)n(CCc2ccccc2)c2nc3ccccc3nc12. The lowest BCUT2D eigenvalue weighted by molar-refractivity contribution is -0.137. The number of carbonyl (C=O) groups is 1. The standard InChI is InChI=1S/C27H18F3N5O/c28-27(29,30)20-11-5-4-10-18(20)26(36)34-24-19(16-31)23-25(33-22-13-7-6-12-21(22)32-23)35(24)15-14-17-8-2-1-3-9-17/h1-13H,14-15H2,(H,34,36). The number of hydrogen-bond donors (Lipinski definition) is 1. The van der Waals surface area contributed by atoms with Crippen LogP contribution in [0.2, 0.25) is 0 Å². The summed E-state index contributed by atoms with van der Waals surface area (Å²) in [6, 6.07) is 23.3. The van der Waals surface area contributed by atoms with Crippen molar-refractivity contribution in [3.05, 3.63) is 101 Å². The zero-order chi connectivity index (χ0) is 25.3. The van der Waals surface area contributed by atoms with Crippen molar-refractivity contribution in [3.63, 3.8) is 0 Å². The molecule has 1 amide bonds. The Balaban J connectivity index is 1.65. The molecular formula is C27H18F3N5O. The lowest BCUT2D eigenvalue weighted by atomic mass is 10.1. The van der Waals surface area contributed by atoms with Crippen LogP contribution in [0.4, 0.5) is 19.0 Å². The molecule has 178 valence electrons. The summed E-state index contributed by atoms with van der Waals surface area (Å²) in [5.41, 5.74) is 1.22. The van der Waals surface area contributed by atoms with E-state index in [1.165, 1.54) is 12.1 Å². The van der Waals surface area contributed by atoms with Gasteiger partial charge in [-0.15, -0.1) is 0 Å². The monoisotopic (exact) mass is 485 g/mol. The van der Waals surface area contributed by atoms with Crippen molar-refractivity contribution >= 4 is 33.9 Å². The Hall–Kier alpha value is -4.71. The maximum absolute atomic E-state index is 13.6. The highest BCUT2D eigenvalue weighted by Gasteiger charge is 2.35. The van der Waals surface area contributed by atoms with Crippen LogP contribution < -0.4 is 5.32 Å². The molecule has 0 aliphatic carbocycles. The predicted molar refractivity (Wildman–Crippen MR) is 129 cm³/mol. The van der Waals surface area contributed by atoms with Gasteiger partial charge in [-0.2, -0.15) is 18.4 Å². The van der Waals surface area contributed by atoms with Crippen LogP contribution >= 0.6 is 0 Å². The van der Waals surface area contributed by atoms with Crippen molar-refractivity contribution in [2.24, 2.45) is 0 Å². The minimum Gasteiger partial charge on any atom is -0.309 e. The second-order valence-corrected chi connectivity index (χ2v) is 8.10. The van der Waals surface area contributed by atoms with Crippen LogP contribution in [0.1, 0.15) is 27.0 Å². The van der Waals surface area contributed by atoms with E-state index in [-0.39, 0.29) is 16.9 Å². The quantitative estimate of drug-likeness (QED) is 0.332. The molecule has 2 aromatic heterocycles. The summed E-state index contributed by atoms with van der Waals surface area (Å²) in [6.07, 6.45) is -4.18. The Morgan fingerprint density at radius 2 is 1.56 bits per heavy atom. The van der Waals surface area contributed by atoms with Gasteiger partial charge in [0, 0.05) is 6.54 Å². The molecule has 0 atom stereocenters. The van der Waals surface area contributed by atoms with Crippen molar-refractivity contribution in [1.29, 1.82) is 5.26 Å². The fourth-order valence-electron chi connectivity index (χ4n) is 4.14. The second kappa shape index (κ2) is 9.15. The van der Waals surface area contributed by atoms with E-state index in [9.17, 15) is 23.2 Å². The number of alkyl halides is 3. The summed E-state index contributed by atoms with van der Waals surface area (Å²) in [6.45, 7) is 0.311. The van der Waals surface area contributed by atoms with Gasteiger partial charge in [0.15, 0.2) is 5.65 Å². The van der Waals surface area contributed by atoms with Gasteiger partial charge in [0.1, 0.15) is 23.0 Å². The van der Waals surface area contributed by atoms with Crippen molar-refractivity contribution in [2.75, 3.05) is 5.32 Å². The average molecular weight is 485 g/mol. The van der Waals surface area contributed by atoms with E-state index in [4.69, 9.17) is 0 Å². The molecule has 0 unspecified atom stereocenters. The molecule has 0 fully saturated rings. The molecule has 9 heteroatoms. The molecule has 5 rings (SSSR count). The van der Waals surface area contributed by atoms with Crippen LogP contribution in [-0.4, -0.2) is 20.4 Å². The lowest BCUT2D eigenvalue weighted by Gasteiger charge is -2.15. The topological polar surface area (TPSA) is 83.6 Å². The number of aryl methyl sites for hydroxylation is 2. The van der Waals surface area contributed by atoms with E-state index in [1.807, 2.05) is 36.4 Å². The van der Waals surface area contributed by atoms with Gasteiger partial charge in [-0.25, -0.2) is 9.97 Å². The van der Waals surface area contributed by atoms with Gasteiger partial charge in [-0.3, -0.25) is 4.79 Å². The molecule has 0 bridgehead atoms. The molecular weight excluding hydrogens is 467 g/mol. The van der Waals surface area contributed by atoms with Crippen molar-refractivity contribution in [1.82, 2.24) is 14.5 Å². The lowest BCUT2D eigenvalue weighted by Crippen LogP contribution is -2.21. The third-order valence-corrected chi connectivity index (χ3v) is 5.84. The Morgan fingerprint density at radius 1 is 0.917 bits per heavy atom. The highest BCUT2D eigenvalue weighted by atomic mass is 19.4. The van der Waals surface area contributed by atoms with Gasteiger partial charge in [0.25, 0.3) is 5.91 Å². The first-order valence-electron chi connectivity index (χ1n) is 11.1. The average Bonchev–Trinajstić information content (AvgIpc) is 3.17. The number of benzene rings is 3. The molecule has 36 heavy (non-hydrogen) atoms. The summed E-state index contributed by atoms with van der Waals surface area (Å²) >= 11 is 0. The van der Waals surface area contributed by atoms with E-state index in [1.54, 1.807) is 22.8 Å². The van der Waals surface area contributed by atoms with Crippen LogP contribution in [0.3, 0.4) is 0 Å². The summed E-state index contributed by atoms with van der Waals surface area (Å²) < 4.78 is 42.3. The van der Waals surface area contributed by atoms with Crippen LogP contribution in [0.5, 0.6) is 0 Å². The van der Waals surface area contributed by atoms with Crippen LogP contribution in [0.15, 0.2) is 78.9 Å². The molecule has 0 spiro atoms. The Kier molecular flexibility index (Phi) is 5.86. The number of nitrogens with zero attached hydrogens (tertiary/aromatic N) is 4. The molecule has 2 heterocycles. The molecule has 0 saturated heterocycles. The van der Waals surface area contributed by atoms with Crippen LogP contribution in [-0.2, 0) is 19.1 Å². The van der Waals surface area contributed by atoms with Crippen LogP contribution in [0, 0.1) is 11.3 Å². The number of para-hydroxylation sites is 2. The maximum Gasteiger partial charge on any atom is 0.417 e. The number of halogens is 3. The predicted octanol–water partition coefficient (Wildman–Crippen LogP) is 5.97. The molecule has 0 radical (unpaired) electrons. The largest absolute Gasteiger partial charge is 0.417 e. The number of hydrogen-bond acceptors (Lipinski definition) is 4. The summed E-state index contributed by atoms with van der Waals surface area (Å²) in [7, 11) is 0. The first-order valence-corrected chi connectivity index (χ1v) is 11.1. The highest BCUT2D eigenvalue weighted by Crippen LogP contribution is 2.34. The van der Waals surface area contributed by atoms with Crippen molar-refractivity contribution in [2.45, 2.75) is 19.1 Å². The normalized spacial score (nSPS) is 11.5. The molecule has 1 N–H and O–H groups in total. The Labute approximate surface area is 203 Å². The number of aromatic nitrogens is 3. The summed E-state index contributed by atoms with van der Waals surface area (Å²) in [5.74, 6) is -0.923. The molecule has 6 nitrogen and oxygen atoms in total. The number of amides is 1. The molecule has 0 aliphatic heterocycles. The molecule has 0 saturated carbocycles. The molecule has 0 aliphatic rings. The summed E-state index contributed by atoms with van der Waals surface area (Å²) in [4.78, 5) is 22.4. The maximum atomic E-state index is 13.6. The first kappa shape index (κ1) is 23.1. The number of nitriles is 1. The van der Waals surface area contributed by atoms with E-state index in [0.29, 0.717) is 29.6 Å². The number of fused-ring (bicyclic) bond motifs is 2. The zero-order valence-electron chi connectivity index (χ0n) is 18.8. The van der Waals surface area contributed by atoms with Gasteiger partial charge in [-0.05, 0) is 36.2 Å². The minimum absolute atomic E-state index is 0.0363. The number of nitrogens with one attached hydrogen (secondary N) is 1. The fourth-order valence-corrected chi connectivity index (χ4v) is 4.14. The van der Waals surface area contributed by atoms with E-state index >= 15 is 0 Å². The number of carbonyl (C=O) groups excluding carboxylic acids is 1. The van der Waals surface area contributed by atoms with Gasteiger partial charge >= 0.3 is 6.18 Å². The zero-order valence-corrected chi connectivity index (χ0v) is 18.8. The third kappa shape index (κ3) is 4.25. The van der Waals surface area contributed by atoms with E-state index in [0.717, 1.165) is 17.7 Å². The van der Waals surface area contributed by atoms with Crippen molar-refractivity contribution in [3.8, 4) is 6.07 Å². The van der Waals surface area contributed by atoms with Gasteiger partial charge in [-0.1, -0.05) is 54.6 Å². The minimum atomic E-state index is -4.72. The fraction of sp³-hybridized carbons (Fsp3) is 0.111. The third-order valence-electron chi connectivity index (χ3n) is 5.84. The number of anilines is 1. The first-order chi connectivity index (χ1) is 17.4. The molecule has 3 aromatic carbocycles. The van der Waals surface area contributed by atoms with Crippen LogP contribution in [0.25, 0.3) is 22.2 Å². The van der Waals surface area contributed by atoms with Gasteiger partial charge in [0.2, 0.25) is 0 Å². The summed E-state index contributed by atoms with van der Waals surface area (Å²) in [5, 5.41) is 12.6.